The Morgan fingerprint density at radius 2 is 1.28 bits per heavy atom. The van der Waals surface area contributed by atoms with Crippen molar-refractivity contribution in [3.05, 3.63) is 65.2 Å². The van der Waals surface area contributed by atoms with E-state index in [1.807, 2.05) is 48.5 Å². The van der Waals surface area contributed by atoms with Gasteiger partial charge in [-0.05, 0) is 17.2 Å². The summed E-state index contributed by atoms with van der Waals surface area (Å²) in [6, 6.07) is 15.0. The van der Waals surface area contributed by atoms with Crippen LogP contribution < -0.4 is 4.74 Å². The molecule has 0 unspecified atom stereocenters. The first-order valence-electron chi connectivity index (χ1n) is 5.84. The molecule has 0 saturated carbocycles. The second-order valence-corrected chi connectivity index (χ2v) is 3.98. The lowest BCUT2D eigenvalue weighted by atomic mass is 10.1. The summed E-state index contributed by atoms with van der Waals surface area (Å²) in [5.74, 6) is 0.674. The van der Waals surface area contributed by atoms with Crippen LogP contribution in [0.1, 0.15) is 16.7 Å². The Balaban J connectivity index is 2.11. The minimum absolute atomic E-state index is 0.00117. The second kappa shape index (κ2) is 6.19. The van der Waals surface area contributed by atoms with E-state index in [1.54, 1.807) is 0 Å². The van der Waals surface area contributed by atoms with E-state index in [1.165, 1.54) is 0 Å². The lowest BCUT2D eigenvalue weighted by Crippen LogP contribution is -2.01. The van der Waals surface area contributed by atoms with Gasteiger partial charge in [0, 0.05) is 5.56 Å². The van der Waals surface area contributed by atoms with Crippen LogP contribution in [-0.2, 0) is 19.8 Å². The number of benzene rings is 2. The van der Waals surface area contributed by atoms with Crippen LogP contribution in [0.5, 0.6) is 5.75 Å². The molecule has 0 atom stereocenters. The first kappa shape index (κ1) is 12.6. The molecule has 0 saturated heterocycles. The fraction of sp³-hybridized carbons (Fsp3) is 0.200. The zero-order chi connectivity index (χ0) is 12.8. The van der Waals surface area contributed by atoms with Gasteiger partial charge in [-0.25, -0.2) is 0 Å². The van der Waals surface area contributed by atoms with Crippen molar-refractivity contribution >= 4 is 0 Å². The molecule has 0 spiro atoms. The van der Waals surface area contributed by atoms with Gasteiger partial charge in [-0.3, -0.25) is 0 Å². The van der Waals surface area contributed by atoms with Crippen LogP contribution in [-0.4, -0.2) is 10.2 Å². The van der Waals surface area contributed by atoms with Crippen LogP contribution in [0.25, 0.3) is 0 Å². The quantitative estimate of drug-likeness (QED) is 0.848. The van der Waals surface area contributed by atoms with E-state index >= 15 is 0 Å². The molecule has 3 nitrogen and oxygen atoms in total. The molecule has 0 radical (unpaired) electrons. The molecule has 18 heavy (non-hydrogen) atoms. The molecule has 94 valence electrons. The smallest absolute Gasteiger partial charge is 0.125 e. The molecule has 0 bridgehead atoms. The summed E-state index contributed by atoms with van der Waals surface area (Å²) in [6.07, 6.45) is 0. The van der Waals surface area contributed by atoms with E-state index in [0.29, 0.717) is 12.4 Å². The normalized spacial score (nSPS) is 10.3. The van der Waals surface area contributed by atoms with Crippen LogP contribution in [0.3, 0.4) is 0 Å². The van der Waals surface area contributed by atoms with Crippen LogP contribution in [0.4, 0.5) is 0 Å². The third-order valence-corrected chi connectivity index (χ3v) is 2.81. The highest BCUT2D eigenvalue weighted by atomic mass is 16.5. The molecular weight excluding hydrogens is 228 g/mol. The Bertz CT molecular complexity index is 461. The van der Waals surface area contributed by atoms with Crippen LogP contribution >= 0.6 is 0 Å². The van der Waals surface area contributed by atoms with E-state index in [0.717, 1.165) is 16.7 Å². The van der Waals surface area contributed by atoms with E-state index in [-0.39, 0.29) is 13.2 Å². The molecule has 2 aromatic rings. The number of hydrogen-bond donors (Lipinski definition) is 2. The van der Waals surface area contributed by atoms with E-state index in [2.05, 4.69) is 0 Å². The SMILES string of the molecule is OCc1ccccc1COc1ccccc1CO. The molecule has 2 aromatic carbocycles. The minimum atomic E-state index is -0.0438. The molecule has 0 fully saturated rings. The maximum absolute atomic E-state index is 9.22. The minimum Gasteiger partial charge on any atom is -0.489 e. The fourth-order valence-corrected chi connectivity index (χ4v) is 1.78. The molecule has 3 heteroatoms. The van der Waals surface area contributed by atoms with Crippen molar-refractivity contribution in [3.8, 4) is 5.75 Å². The average Bonchev–Trinajstić information content (AvgIpc) is 2.45. The Morgan fingerprint density at radius 1 is 0.722 bits per heavy atom. The van der Waals surface area contributed by atoms with Crippen molar-refractivity contribution in [2.75, 3.05) is 0 Å². The van der Waals surface area contributed by atoms with Crippen LogP contribution in [0.15, 0.2) is 48.5 Å². The zero-order valence-electron chi connectivity index (χ0n) is 10.0. The van der Waals surface area contributed by atoms with E-state index < -0.39 is 0 Å². The number of rotatable bonds is 5. The van der Waals surface area contributed by atoms with Crippen molar-refractivity contribution < 1.29 is 14.9 Å². The summed E-state index contributed by atoms with van der Waals surface area (Å²) in [5, 5.41) is 18.4. The van der Waals surface area contributed by atoms with E-state index in [4.69, 9.17) is 4.74 Å². The standard InChI is InChI=1S/C15H16O3/c16-9-12-5-1-2-7-14(12)11-18-15-8-4-3-6-13(15)10-17/h1-8,16-17H,9-11H2. The molecule has 0 aromatic heterocycles. The van der Waals surface area contributed by atoms with Crippen LogP contribution in [0, 0.1) is 0 Å². The van der Waals surface area contributed by atoms with Gasteiger partial charge in [0.25, 0.3) is 0 Å². The second-order valence-electron chi connectivity index (χ2n) is 3.98. The first-order valence-corrected chi connectivity index (χ1v) is 5.84. The molecule has 0 aliphatic rings. The van der Waals surface area contributed by atoms with Gasteiger partial charge < -0.3 is 14.9 Å². The van der Waals surface area contributed by atoms with Gasteiger partial charge in [0.2, 0.25) is 0 Å². The summed E-state index contributed by atoms with van der Waals surface area (Å²) >= 11 is 0. The van der Waals surface area contributed by atoms with Crippen molar-refractivity contribution in [1.82, 2.24) is 0 Å². The van der Waals surface area contributed by atoms with Crippen molar-refractivity contribution in [3.63, 3.8) is 0 Å². The van der Waals surface area contributed by atoms with Gasteiger partial charge in [-0.15, -0.1) is 0 Å². The summed E-state index contributed by atoms with van der Waals surface area (Å²) in [4.78, 5) is 0. The highest BCUT2D eigenvalue weighted by Crippen LogP contribution is 2.20. The highest BCUT2D eigenvalue weighted by Gasteiger charge is 2.04. The van der Waals surface area contributed by atoms with Crippen molar-refractivity contribution in [1.29, 1.82) is 0 Å². The molecule has 0 amide bonds. The lowest BCUT2D eigenvalue weighted by molar-refractivity contribution is 0.253. The fourth-order valence-electron chi connectivity index (χ4n) is 1.78. The predicted octanol–water partition coefficient (Wildman–Crippen LogP) is 2.25. The van der Waals surface area contributed by atoms with Gasteiger partial charge in [0.05, 0.1) is 13.2 Å². The van der Waals surface area contributed by atoms with Gasteiger partial charge >= 0.3 is 0 Å². The summed E-state index contributed by atoms with van der Waals surface area (Å²) in [5.41, 5.74) is 2.57. The third kappa shape index (κ3) is 2.88. The van der Waals surface area contributed by atoms with Gasteiger partial charge in [-0.1, -0.05) is 42.5 Å². The summed E-state index contributed by atoms with van der Waals surface area (Å²) in [6.45, 7) is 0.340. The molecular formula is C15H16O3. The Hall–Kier alpha value is -1.84. The number of ether oxygens (including phenoxy) is 1. The molecule has 2 rings (SSSR count). The van der Waals surface area contributed by atoms with Gasteiger partial charge in [0.15, 0.2) is 0 Å². The number of para-hydroxylation sites is 1. The Labute approximate surface area is 106 Å². The highest BCUT2D eigenvalue weighted by molar-refractivity contribution is 5.33. The maximum Gasteiger partial charge on any atom is 0.125 e. The molecule has 0 aliphatic carbocycles. The zero-order valence-corrected chi connectivity index (χ0v) is 10.0. The van der Waals surface area contributed by atoms with Crippen molar-refractivity contribution in [2.24, 2.45) is 0 Å². The maximum atomic E-state index is 9.22. The van der Waals surface area contributed by atoms with E-state index in [9.17, 15) is 10.2 Å². The van der Waals surface area contributed by atoms with Crippen molar-refractivity contribution in [2.45, 2.75) is 19.8 Å². The van der Waals surface area contributed by atoms with Crippen LogP contribution in [0.2, 0.25) is 0 Å². The van der Waals surface area contributed by atoms with Gasteiger partial charge in [0.1, 0.15) is 12.4 Å². The largest absolute Gasteiger partial charge is 0.489 e. The molecule has 0 heterocycles. The monoisotopic (exact) mass is 244 g/mol. The lowest BCUT2D eigenvalue weighted by Gasteiger charge is -2.12. The summed E-state index contributed by atoms with van der Waals surface area (Å²) in [7, 11) is 0. The number of aliphatic hydroxyl groups is 2. The molecule has 0 aliphatic heterocycles. The van der Waals surface area contributed by atoms with Gasteiger partial charge in [-0.2, -0.15) is 0 Å². The first-order chi connectivity index (χ1) is 8.85. The average molecular weight is 244 g/mol. The molecule has 2 N–H and O–H groups in total. The third-order valence-electron chi connectivity index (χ3n) is 2.81. The number of aliphatic hydroxyl groups excluding tert-OH is 2. The Kier molecular flexibility index (Phi) is 4.34. The Morgan fingerprint density at radius 3 is 1.94 bits per heavy atom. The summed E-state index contributed by atoms with van der Waals surface area (Å²) < 4.78 is 5.69. The predicted molar refractivity (Wildman–Crippen MR) is 69.1 cm³/mol. The topological polar surface area (TPSA) is 49.7 Å². The number of hydrogen-bond acceptors (Lipinski definition) is 3.